The molecule has 5 heterocycles. The van der Waals surface area contributed by atoms with E-state index in [2.05, 4.69) is 15.3 Å². The number of benzene rings is 3. The van der Waals surface area contributed by atoms with Gasteiger partial charge in [-0.3, -0.25) is 34.2 Å². The molecule has 3 aliphatic heterocycles. The predicted molar refractivity (Wildman–Crippen MR) is 253 cm³/mol. The second-order valence-electron chi connectivity index (χ2n) is 16.5. The summed E-state index contributed by atoms with van der Waals surface area (Å²) in [5.41, 5.74) is 8.57. The Kier molecular flexibility index (Phi) is 17.0. The third-order valence-electron chi connectivity index (χ3n) is 11.8. The number of hydrogen-bond acceptors (Lipinski definition) is 17. The van der Waals surface area contributed by atoms with E-state index in [1.807, 2.05) is 65.3 Å². The minimum Gasteiger partial charge on any atom is -0.490 e. The number of carbonyl (C=O) groups excluding carboxylic acids is 5. The molecular weight excluding hydrogens is 919 g/mol. The van der Waals surface area contributed by atoms with Crippen molar-refractivity contribution in [3.63, 3.8) is 0 Å². The van der Waals surface area contributed by atoms with Crippen molar-refractivity contribution in [2.75, 3.05) is 91.5 Å². The third-order valence-corrected chi connectivity index (χ3v) is 11.8. The van der Waals surface area contributed by atoms with Gasteiger partial charge in [0, 0.05) is 25.1 Å². The predicted octanol–water partition coefficient (Wildman–Crippen LogP) is 4.04. The second kappa shape index (κ2) is 24.3. The van der Waals surface area contributed by atoms with Crippen molar-refractivity contribution in [1.82, 2.24) is 34.9 Å². The Morgan fingerprint density at radius 2 is 1.46 bits per heavy atom. The molecule has 3 N–H and O–H groups in total. The van der Waals surface area contributed by atoms with Crippen molar-refractivity contribution in [3.05, 3.63) is 102 Å². The number of carbonyl (C=O) groups is 5. The van der Waals surface area contributed by atoms with Crippen molar-refractivity contribution >= 4 is 46.4 Å². The Hall–Kier alpha value is -7.61. The Labute approximate surface area is 408 Å². The van der Waals surface area contributed by atoms with Gasteiger partial charge in [-0.25, -0.2) is 14.6 Å². The number of hydrogen-bond donors (Lipinski definition) is 2. The molecule has 370 valence electrons. The summed E-state index contributed by atoms with van der Waals surface area (Å²) in [5.74, 6) is -0.858. The lowest BCUT2D eigenvalue weighted by molar-refractivity contribution is -0.136. The maximum Gasteiger partial charge on any atom is 0.266 e. The highest BCUT2D eigenvalue weighted by molar-refractivity contribution is 6.24. The number of amides is 5. The van der Waals surface area contributed by atoms with Crippen LogP contribution in [0, 0.1) is 11.3 Å². The number of nitrogens with two attached hydrogens (primary N) is 1. The zero-order valence-electron chi connectivity index (χ0n) is 38.9. The van der Waals surface area contributed by atoms with Crippen LogP contribution in [0.15, 0.2) is 90.8 Å². The lowest BCUT2D eigenvalue weighted by Crippen LogP contribution is -2.54. The topological polar surface area (TPSA) is 262 Å². The van der Waals surface area contributed by atoms with Crippen molar-refractivity contribution in [2.45, 2.75) is 37.8 Å². The van der Waals surface area contributed by atoms with Gasteiger partial charge in [-0.2, -0.15) is 10.4 Å². The van der Waals surface area contributed by atoms with Gasteiger partial charge in [0.2, 0.25) is 11.8 Å². The van der Waals surface area contributed by atoms with Crippen LogP contribution in [0.5, 0.6) is 17.2 Å². The molecule has 21 heteroatoms. The number of nitrogens with zero attached hydrogens (tertiary/aromatic N) is 7. The molecule has 0 spiro atoms. The molecule has 0 saturated carbocycles. The third kappa shape index (κ3) is 12.2. The molecule has 71 heavy (non-hydrogen) atoms. The maximum atomic E-state index is 13.6. The summed E-state index contributed by atoms with van der Waals surface area (Å²) in [4.78, 5) is 75.0. The standard InChI is InChI=1S/C50H53N9O12/c51-30-34(48(62)57-18-5-6-35(31-57)59-46-43(45(52)53-32-54-46)44(56-59)33-11-13-37(14-12-33)71-36-7-2-1-3-8-36)17-19-65-20-21-66-22-23-67-24-25-68-26-27-69-28-29-70-40-10-4-9-38-42(40)50(64)58(49(38)63)39-15-16-41(60)55-47(39)61/h1-4,7-14,17,32,35,39H,5-6,15-16,18-29,31H2,(H2,52,53,54)(H,55,60,61)/b34-17-/t35-,39?/m1/s1. The van der Waals surface area contributed by atoms with Gasteiger partial charge in [-0.1, -0.05) is 24.3 Å². The van der Waals surface area contributed by atoms with E-state index in [4.69, 9.17) is 44.0 Å². The SMILES string of the molecule is N#C/C(=C/COCCOCCOCCOCCOCCOc1cccc2c1C(=O)N(C1CCC(=O)NC1=O)C2=O)C(=O)N1CCC[C@@H](n2nc(-c3ccc(Oc4ccccc4)cc3)c3c(N)ncnc32)C1. The average Bonchev–Trinajstić information content (AvgIpc) is 3.90. The Morgan fingerprint density at radius 1 is 0.789 bits per heavy atom. The second-order valence-corrected chi connectivity index (χ2v) is 16.5. The summed E-state index contributed by atoms with van der Waals surface area (Å²) < 4.78 is 41.4. The summed E-state index contributed by atoms with van der Waals surface area (Å²) in [5, 5.41) is 17.7. The molecule has 3 aliphatic rings. The Balaban J connectivity index is 0.674. The largest absolute Gasteiger partial charge is 0.490 e. The number of aromatic nitrogens is 4. The molecule has 1 unspecified atom stereocenters. The van der Waals surface area contributed by atoms with Gasteiger partial charge in [0.25, 0.3) is 17.7 Å². The van der Waals surface area contributed by atoms with Gasteiger partial charge >= 0.3 is 0 Å². The molecule has 3 aromatic carbocycles. The zero-order chi connectivity index (χ0) is 49.5. The van der Waals surface area contributed by atoms with Crippen molar-refractivity contribution in [2.24, 2.45) is 0 Å². The van der Waals surface area contributed by atoms with Gasteiger partial charge < -0.3 is 43.8 Å². The molecular formula is C50H53N9O12. The molecule has 21 nitrogen and oxygen atoms in total. The minimum absolute atomic E-state index is 0.00908. The Bertz CT molecular complexity index is 2780. The van der Waals surface area contributed by atoms with Crippen LogP contribution in [0.25, 0.3) is 22.3 Å². The molecule has 2 aromatic heterocycles. The molecule has 5 amide bonds. The monoisotopic (exact) mass is 971 g/mol. The van der Waals surface area contributed by atoms with E-state index < -0.39 is 29.7 Å². The lowest BCUT2D eigenvalue weighted by atomic mass is 10.0. The van der Waals surface area contributed by atoms with E-state index >= 15 is 0 Å². The summed E-state index contributed by atoms with van der Waals surface area (Å²) in [6.45, 7) is 3.69. The number of fused-ring (bicyclic) bond motifs is 2. The first-order valence-corrected chi connectivity index (χ1v) is 23.3. The smallest absolute Gasteiger partial charge is 0.266 e. The minimum atomic E-state index is -1.06. The van der Waals surface area contributed by atoms with Crippen molar-refractivity contribution < 1.29 is 57.1 Å². The number of rotatable bonds is 24. The quantitative estimate of drug-likeness (QED) is 0.0382. The zero-order valence-corrected chi connectivity index (χ0v) is 38.9. The number of nitrogens with one attached hydrogen (secondary N) is 1. The maximum absolute atomic E-state index is 13.6. The van der Waals surface area contributed by atoms with E-state index in [-0.39, 0.29) is 73.7 Å². The number of anilines is 1. The summed E-state index contributed by atoms with van der Waals surface area (Å²) in [7, 11) is 0. The molecule has 0 aliphatic carbocycles. The van der Waals surface area contributed by atoms with Gasteiger partial charge in [0.05, 0.1) is 88.6 Å². The average molecular weight is 972 g/mol. The number of para-hydroxylation sites is 1. The molecule has 0 bridgehead atoms. The van der Waals surface area contributed by atoms with Crippen LogP contribution in [-0.2, 0) is 38.1 Å². The molecule has 2 fully saturated rings. The first-order valence-electron chi connectivity index (χ1n) is 23.3. The first-order chi connectivity index (χ1) is 34.7. The fourth-order valence-corrected chi connectivity index (χ4v) is 8.37. The van der Waals surface area contributed by atoms with Crippen LogP contribution in [0.3, 0.4) is 0 Å². The van der Waals surface area contributed by atoms with Gasteiger partial charge in [-0.15, -0.1) is 0 Å². The molecule has 5 aromatic rings. The van der Waals surface area contributed by atoms with Crippen LogP contribution >= 0.6 is 0 Å². The summed E-state index contributed by atoms with van der Waals surface area (Å²) in [6.07, 6.45) is 4.42. The van der Waals surface area contributed by atoms with Crippen molar-refractivity contribution in [1.29, 1.82) is 5.26 Å². The highest BCUT2D eigenvalue weighted by atomic mass is 16.6. The fraction of sp³-hybridized carbons (Fsp3) is 0.380. The number of likely N-dealkylation sites (tertiary alicyclic amines) is 1. The summed E-state index contributed by atoms with van der Waals surface area (Å²) in [6, 6.07) is 22.5. The van der Waals surface area contributed by atoms with Crippen LogP contribution in [0.2, 0.25) is 0 Å². The van der Waals surface area contributed by atoms with Gasteiger partial charge in [0.1, 0.15) is 59.4 Å². The number of ether oxygens (including phenoxy) is 7. The van der Waals surface area contributed by atoms with Crippen LogP contribution in [0.4, 0.5) is 5.82 Å². The van der Waals surface area contributed by atoms with E-state index in [1.54, 1.807) is 17.0 Å². The molecule has 8 rings (SSSR count). The van der Waals surface area contributed by atoms with Gasteiger partial charge in [0.15, 0.2) is 5.65 Å². The highest BCUT2D eigenvalue weighted by Gasteiger charge is 2.46. The van der Waals surface area contributed by atoms with E-state index in [9.17, 15) is 29.2 Å². The molecule has 2 saturated heterocycles. The molecule has 2 atom stereocenters. The van der Waals surface area contributed by atoms with E-state index in [0.29, 0.717) is 94.1 Å². The molecule has 0 radical (unpaired) electrons. The van der Waals surface area contributed by atoms with Crippen LogP contribution in [-0.4, -0.2) is 151 Å². The highest BCUT2D eigenvalue weighted by Crippen LogP contribution is 2.36. The van der Waals surface area contributed by atoms with Gasteiger partial charge in [-0.05, 0) is 73.9 Å². The normalized spacial score (nSPS) is 17.1. The van der Waals surface area contributed by atoms with E-state index in [1.165, 1.54) is 18.5 Å². The van der Waals surface area contributed by atoms with Crippen molar-refractivity contribution in [3.8, 4) is 34.6 Å². The number of nitrogen functional groups attached to an aromatic ring is 1. The Morgan fingerprint density at radius 3 is 2.15 bits per heavy atom. The van der Waals surface area contributed by atoms with E-state index in [0.717, 1.165) is 22.6 Å². The summed E-state index contributed by atoms with van der Waals surface area (Å²) >= 11 is 0. The first kappa shape index (κ1) is 49.8. The van der Waals surface area contributed by atoms with Crippen LogP contribution < -0.4 is 20.5 Å². The van der Waals surface area contributed by atoms with Crippen LogP contribution in [0.1, 0.15) is 52.4 Å². The lowest BCUT2D eigenvalue weighted by Gasteiger charge is -2.32. The fourth-order valence-electron chi connectivity index (χ4n) is 8.37. The number of imide groups is 2. The number of nitriles is 1. The number of piperidine rings is 2.